The average molecular weight is 772 g/mol. The number of likely N-dealkylation sites (tertiary alicyclic amines) is 1. The molecule has 5 heterocycles. The number of hydrogen-bond donors (Lipinski definition) is 3. The van der Waals surface area contributed by atoms with Crippen molar-refractivity contribution in [2.24, 2.45) is 0 Å². The fourth-order valence-electron chi connectivity index (χ4n) is 7.38. The molecule has 14 nitrogen and oxygen atoms in total. The lowest BCUT2D eigenvalue weighted by atomic mass is 9.73. The normalized spacial score (nSPS) is 16.6. The van der Waals surface area contributed by atoms with E-state index in [4.69, 9.17) is 23.2 Å². The Bertz CT molecular complexity index is 2370. The fourth-order valence-corrected chi connectivity index (χ4v) is 7.87. The van der Waals surface area contributed by atoms with Gasteiger partial charge in [0.2, 0.25) is 11.7 Å². The van der Waals surface area contributed by atoms with Gasteiger partial charge in [-0.2, -0.15) is 22.7 Å². The Hall–Kier alpha value is -5.29. The topological polar surface area (TPSA) is 173 Å². The first-order valence-electron chi connectivity index (χ1n) is 16.5. The third-order valence-corrected chi connectivity index (χ3v) is 10.5. The van der Waals surface area contributed by atoms with E-state index in [1.54, 1.807) is 29.5 Å². The number of aromatic nitrogens is 7. The molecule has 0 bridgehead atoms. The van der Waals surface area contributed by atoms with Crippen LogP contribution in [0.4, 0.5) is 24.7 Å². The van der Waals surface area contributed by atoms with Crippen LogP contribution in [0.15, 0.2) is 41.6 Å². The van der Waals surface area contributed by atoms with Crippen LogP contribution in [-0.4, -0.2) is 76.1 Å². The van der Waals surface area contributed by atoms with Crippen LogP contribution in [0.5, 0.6) is 5.75 Å². The number of piperidine rings is 1. The van der Waals surface area contributed by atoms with Crippen molar-refractivity contribution in [1.29, 1.82) is 0 Å². The van der Waals surface area contributed by atoms with Gasteiger partial charge in [-0.25, -0.2) is 15.0 Å². The number of benzene rings is 1. The second-order valence-corrected chi connectivity index (χ2v) is 14.0. The Morgan fingerprint density at radius 2 is 1.83 bits per heavy atom. The number of carbonyl (C=O) groups is 2. The molecule has 4 aromatic heterocycles. The highest BCUT2D eigenvalue weighted by molar-refractivity contribution is 6.34. The number of halogens is 5. The molecule has 0 radical (unpaired) electrons. The Labute approximate surface area is 309 Å². The lowest BCUT2D eigenvalue weighted by molar-refractivity contribution is -0.137. The highest BCUT2D eigenvalue weighted by Gasteiger charge is 2.49. The number of amides is 2. The zero-order valence-electron chi connectivity index (χ0n) is 28.4. The van der Waals surface area contributed by atoms with Gasteiger partial charge in [0.05, 0.1) is 27.0 Å². The number of pyridine rings is 1. The third kappa shape index (κ3) is 6.30. The monoisotopic (exact) mass is 770 g/mol. The van der Waals surface area contributed by atoms with Crippen molar-refractivity contribution < 1.29 is 27.9 Å². The van der Waals surface area contributed by atoms with Crippen molar-refractivity contribution >= 4 is 52.3 Å². The number of alkyl halides is 3. The molecule has 2 amide bonds. The molecule has 1 unspecified atom stereocenters. The molecule has 2 aliphatic rings. The highest BCUT2D eigenvalue weighted by atomic mass is 35.5. The van der Waals surface area contributed by atoms with Gasteiger partial charge in [-0.1, -0.05) is 30.1 Å². The minimum atomic E-state index is -4.63. The predicted octanol–water partition coefficient (Wildman–Crippen LogP) is 5.44. The molecule has 1 saturated heterocycles. The summed E-state index contributed by atoms with van der Waals surface area (Å²) >= 11 is 12.5. The summed E-state index contributed by atoms with van der Waals surface area (Å²) in [6.45, 7) is 3.61. The van der Waals surface area contributed by atoms with E-state index in [-0.39, 0.29) is 63.5 Å². The van der Waals surface area contributed by atoms with Crippen LogP contribution >= 0.6 is 23.2 Å². The number of nitrogens with zero attached hydrogens (tertiary/aromatic N) is 8. The largest absolute Gasteiger partial charge is 0.504 e. The molecule has 1 fully saturated rings. The second kappa shape index (κ2) is 13.3. The summed E-state index contributed by atoms with van der Waals surface area (Å²) in [6, 6.07) is 4.21. The van der Waals surface area contributed by atoms with E-state index in [1.807, 2.05) is 6.92 Å². The van der Waals surface area contributed by atoms with Crippen LogP contribution in [-0.2, 0) is 22.9 Å². The van der Waals surface area contributed by atoms with Crippen LogP contribution < -0.4 is 16.2 Å². The van der Waals surface area contributed by atoms with Crippen LogP contribution in [0.25, 0.3) is 17.2 Å². The van der Waals surface area contributed by atoms with Crippen molar-refractivity contribution in [3.05, 3.63) is 85.4 Å². The van der Waals surface area contributed by atoms with E-state index in [2.05, 4.69) is 35.7 Å². The minimum Gasteiger partial charge on any atom is -0.504 e. The second-order valence-electron chi connectivity index (χ2n) is 13.2. The molecular formula is C34H31Cl2F3N10O4. The molecule has 7 rings (SSSR count). The molecule has 3 N–H and O–H groups in total. The van der Waals surface area contributed by atoms with Gasteiger partial charge in [0, 0.05) is 48.6 Å². The first-order chi connectivity index (χ1) is 25.1. The maximum absolute atomic E-state index is 14.5. The van der Waals surface area contributed by atoms with Crippen molar-refractivity contribution in [2.45, 2.75) is 57.2 Å². The molecule has 53 heavy (non-hydrogen) atoms. The Morgan fingerprint density at radius 1 is 1.09 bits per heavy atom. The molecule has 1 atom stereocenters. The minimum absolute atomic E-state index is 0.0302. The summed E-state index contributed by atoms with van der Waals surface area (Å²) in [5.41, 5.74) is -0.581. The summed E-state index contributed by atoms with van der Waals surface area (Å²) in [6.07, 6.45) is -0.622. The number of anilines is 2. The maximum Gasteiger partial charge on any atom is 0.416 e. The smallest absolute Gasteiger partial charge is 0.416 e. The molecular weight excluding hydrogens is 740 g/mol. The number of rotatable bonds is 6. The van der Waals surface area contributed by atoms with Gasteiger partial charge in [0.25, 0.3) is 11.5 Å². The van der Waals surface area contributed by atoms with Crippen LogP contribution in [0.3, 0.4) is 0 Å². The van der Waals surface area contributed by atoms with E-state index < -0.39 is 41.1 Å². The number of aryl methyl sites for hydroxylation is 1. The van der Waals surface area contributed by atoms with Crippen LogP contribution in [0.1, 0.15) is 65.1 Å². The van der Waals surface area contributed by atoms with Gasteiger partial charge in [-0.15, -0.1) is 5.10 Å². The van der Waals surface area contributed by atoms with Gasteiger partial charge >= 0.3 is 6.18 Å². The molecule has 276 valence electrons. The Morgan fingerprint density at radius 3 is 2.49 bits per heavy atom. The van der Waals surface area contributed by atoms with E-state index in [0.717, 1.165) is 22.7 Å². The number of carbonyl (C=O) groups excluding carboxylic acids is 2. The molecule has 1 aromatic carbocycles. The molecule has 19 heteroatoms. The SMILES string of the molecule is CNc1ncc(-c2nc3n(CC(=O)Nc4ccc(C(F)(F)F)cc4Cl)c4c(c(=O)n3n2)C2(CCN(C(=O)c3ncnc(C)c3O)CC2)CC4C)cc1Cl. The highest BCUT2D eigenvalue weighted by Crippen LogP contribution is 2.50. The van der Waals surface area contributed by atoms with E-state index >= 15 is 0 Å². The van der Waals surface area contributed by atoms with Crippen molar-refractivity contribution in [1.82, 2.24) is 39.0 Å². The summed E-state index contributed by atoms with van der Waals surface area (Å²) in [4.78, 5) is 60.0. The zero-order chi connectivity index (χ0) is 38.0. The molecule has 0 saturated carbocycles. The number of fused-ring (bicyclic) bond motifs is 3. The third-order valence-electron chi connectivity index (χ3n) is 9.90. The molecule has 1 aliphatic carbocycles. The molecule has 5 aromatic rings. The lowest BCUT2D eigenvalue weighted by Gasteiger charge is -2.39. The number of nitrogens with one attached hydrogen (secondary N) is 2. The van der Waals surface area contributed by atoms with E-state index in [1.165, 1.54) is 12.5 Å². The van der Waals surface area contributed by atoms with Crippen molar-refractivity contribution in [3.8, 4) is 17.1 Å². The summed E-state index contributed by atoms with van der Waals surface area (Å²) in [7, 11) is 1.66. The van der Waals surface area contributed by atoms with Crippen LogP contribution in [0.2, 0.25) is 10.0 Å². The van der Waals surface area contributed by atoms with Crippen LogP contribution in [0, 0.1) is 6.92 Å². The quantitative estimate of drug-likeness (QED) is 0.202. The van der Waals surface area contributed by atoms with Gasteiger partial charge in [0.1, 0.15) is 18.7 Å². The Kier molecular flexibility index (Phi) is 9.05. The summed E-state index contributed by atoms with van der Waals surface area (Å²) in [5.74, 6) is -1.06. The summed E-state index contributed by atoms with van der Waals surface area (Å²) < 4.78 is 42.5. The first-order valence-corrected chi connectivity index (χ1v) is 17.2. The van der Waals surface area contributed by atoms with Gasteiger partial charge in [-0.3, -0.25) is 14.4 Å². The van der Waals surface area contributed by atoms with Crippen molar-refractivity contribution in [3.63, 3.8) is 0 Å². The lowest BCUT2D eigenvalue weighted by Crippen LogP contribution is -2.46. The first kappa shape index (κ1) is 36.1. The predicted molar refractivity (Wildman–Crippen MR) is 188 cm³/mol. The van der Waals surface area contributed by atoms with Gasteiger partial charge in [0.15, 0.2) is 17.3 Å². The molecule has 1 spiro atoms. The Balaban J connectivity index is 1.29. The van der Waals surface area contributed by atoms with E-state index in [9.17, 15) is 32.7 Å². The number of hydrogen-bond acceptors (Lipinski definition) is 10. The average Bonchev–Trinajstić information content (AvgIpc) is 3.68. The van der Waals surface area contributed by atoms with Gasteiger partial charge in [-0.05, 0) is 56.4 Å². The maximum atomic E-state index is 14.5. The van der Waals surface area contributed by atoms with Crippen molar-refractivity contribution in [2.75, 3.05) is 30.8 Å². The molecule has 1 aliphatic heterocycles. The standard InChI is InChI=1S/C34H31Cl2F3N10O4/c1-16-12-33(6-8-47(9-7-33)31(53)25-27(51)17(2)42-15-43-25)24-26(16)48(14-23(50)44-22-5-4-19(11-20(22)35)34(37,38)39)32-45-28(46-49(32)30(24)52)18-10-21(36)29(40-3)41-13-18/h4-5,10-11,13,15-16,51H,6-9,12,14H2,1-3H3,(H,40,41)(H,44,50). The van der Waals surface area contributed by atoms with E-state index in [0.29, 0.717) is 41.9 Å². The zero-order valence-corrected chi connectivity index (χ0v) is 29.9. The number of aromatic hydroxyl groups is 1. The fraction of sp³-hybridized carbons (Fsp3) is 0.353. The summed E-state index contributed by atoms with van der Waals surface area (Å²) in [5, 5.41) is 20.4. The van der Waals surface area contributed by atoms with Gasteiger partial charge < -0.3 is 25.2 Å².